The van der Waals surface area contributed by atoms with Crippen molar-refractivity contribution in [3.8, 4) is 0 Å². The van der Waals surface area contributed by atoms with Crippen LogP contribution < -0.4 is 10.6 Å². The van der Waals surface area contributed by atoms with Gasteiger partial charge in [0, 0.05) is 22.7 Å². The number of hydrogen-bond acceptors (Lipinski definition) is 4. The lowest BCUT2D eigenvalue weighted by Gasteiger charge is -2.15. The quantitative estimate of drug-likeness (QED) is 0.387. The van der Waals surface area contributed by atoms with Gasteiger partial charge in [0.25, 0.3) is 0 Å². The third kappa shape index (κ3) is 7.65. The highest BCUT2D eigenvalue weighted by Crippen LogP contribution is 2.34. The lowest BCUT2D eigenvalue weighted by molar-refractivity contribution is -0.137. The van der Waals surface area contributed by atoms with Crippen molar-refractivity contribution in [2.45, 2.75) is 23.2 Å². The molecular weight excluding hydrogens is 457 g/mol. The van der Waals surface area contributed by atoms with Crippen LogP contribution in [0.15, 0.2) is 59.5 Å². The Morgan fingerprint density at radius 3 is 2.45 bits per heavy atom. The molecule has 0 heterocycles. The van der Waals surface area contributed by atoms with Gasteiger partial charge in [0.2, 0.25) is 11.8 Å². The van der Waals surface area contributed by atoms with Gasteiger partial charge in [0.05, 0.1) is 21.5 Å². The summed E-state index contributed by atoms with van der Waals surface area (Å²) in [6, 6.07) is 9.08. The zero-order chi connectivity index (χ0) is 23.2. The lowest BCUT2D eigenvalue weighted by atomic mass is 10.2. The molecule has 6 nitrogen and oxygen atoms in total. The summed E-state index contributed by atoms with van der Waals surface area (Å²) < 4.78 is 38.6. The largest absolute Gasteiger partial charge is 0.478 e. The van der Waals surface area contributed by atoms with Crippen LogP contribution in [-0.2, 0) is 20.6 Å². The predicted octanol–water partition coefficient (Wildman–Crippen LogP) is 5.06. The van der Waals surface area contributed by atoms with Crippen molar-refractivity contribution >= 4 is 52.5 Å². The molecule has 1 unspecified atom stereocenters. The summed E-state index contributed by atoms with van der Waals surface area (Å²) in [6.45, 7) is 1.56. The molecule has 0 aromatic heterocycles. The average molecular weight is 473 g/mol. The minimum atomic E-state index is -4.57. The molecule has 2 rings (SSSR count). The Morgan fingerprint density at radius 1 is 1.10 bits per heavy atom. The summed E-state index contributed by atoms with van der Waals surface area (Å²) in [5.41, 5.74) is -0.716. The Labute approximate surface area is 184 Å². The van der Waals surface area contributed by atoms with Crippen LogP contribution in [0.25, 0.3) is 0 Å². The first kappa shape index (κ1) is 24.3. The molecule has 3 N–H and O–H groups in total. The van der Waals surface area contributed by atoms with Crippen molar-refractivity contribution in [1.82, 2.24) is 0 Å². The second-order valence-corrected chi connectivity index (χ2v) is 7.95. The second kappa shape index (κ2) is 10.4. The topological polar surface area (TPSA) is 95.5 Å². The number of thioether (sulfide) groups is 1. The SMILES string of the molecule is CC(Sc1cccc(NC(=O)/C=C/C(=O)O)c1)C(=O)Nc1cc(C(F)(F)F)ccc1Cl. The van der Waals surface area contributed by atoms with Gasteiger partial charge < -0.3 is 15.7 Å². The molecule has 0 aliphatic heterocycles. The maximum absolute atomic E-state index is 12.9. The van der Waals surface area contributed by atoms with Crippen LogP contribution >= 0.6 is 23.4 Å². The first-order valence-corrected chi connectivity index (χ1v) is 9.88. The maximum atomic E-state index is 12.9. The predicted molar refractivity (Wildman–Crippen MR) is 112 cm³/mol. The van der Waals surface area contributed by atoms with Crippen LogP contribution in [-0.4, -0.2) is 28.1 Å². The van der Waals surface area contributed by atoms with Crippen molar-refractivity contribution in [2.75, 3.05) is 10.6 Å². The van der Waals surface area contributed by atoms with E-state index in [4.69, 9.17) is 16.7 Å². The molecule has 0 fully saturated rings. The third-order valence-corrected chi connectivity index (χ3v) is 5.14. The summed E-state index contributed by atoms with van der Waals surface area (Å²) in [6.07, 6.45) is -3.02. The molecule has 0 spiro atoms. The van der Waals surface area contributed by atoms with Gasteiger partial charge in [0.1, 0.15) is 0 Å². The molecule has 2 aromatic carbocycles. The molecule has 11 heteroatoms. The minimum Gasteiger partial charge on any atom is -0.478 e. The number of carboxylic acids is 1. The van der Waals surface area contributed by atoms with Crippen LogP contribution in [0.3, 0.4) is 0 Å². The molecule has 0 radical (unpaired) electrons. The number of rotatable bonds is 7. The van der Waals surface area contributed by atoms with E-state index < -0.39 is 34.8 Å². The van der Waals surface area contributed by atoms with Crippen molar-refractivity contribution in [3.63, 3.8) is 0 Å². The Bertz CT molecular complexity index is 1030. The van der Waals surface area contributed by atoms with Crippen molar-refractivity contribution in [1.29, 1.82) is 0 Å². The number of halogens is 4. The Balaban J connectivity index is 2.05. The van der Waals surface area contributed by atoms with E-state index in [1.807, 2.05) is 0 Å². The van der Waals surface area contributed by atoms with Gasteiger partial charge in [-0.25, -0.2) is 4.79 Å². The number of aliphatic carboxylic acids is 1. The number of alkyl halides is 3. The summed E-state index contributed by atoms with van der Waals surface area (Å²) in [5, 5.41) is 12.7. The number of carbonyl (C=O) groups is 3. The first-order chi connectivity index (χ1) is 14.5. The van der Waals surface area contributed by atoms with Crippen molar-refractivity contribution < 1.29 is 32.7 Å². The average Bonchev–Trinajstić information content (AvgIpc) is 2.67. The zero-order valence-corrected chi connectivity index (χ0v) is 17.4. The highest BCUT2D eigenvalue weighted by molar-refractivity contribution is 8.00. The van der Waals surface area contributed by atoms with Crippen LogP contribution in [0.2, 0.25) is 5.02 Å². The summed E-state index contributed by atoms with van der Waals surface area (Å²) in [4.78, 5) is 35.1. The van der Waals surface area contributed by atoms with Crippen LogP contribution in [0.4, 0.5) is 24.5 Å². The first-order valence-electron chi connectivity index (χ1n) is 8.62. The molecule has 0 bridgehead atoms. The van der Waals surface area contributed by atoms with Gasteiger partial charge >= 0.3 is 12.1 Å². The van der Waals surface area contributed by atoms with Gasteiger partial charge in [0.15, 0.2) is 0 Å². The fraction of sp³-hybridized carbons (Fsp3) is 0.150. The van der Waals surface area contributed by atoms with E-state index in [9.17, 15) is 27.6 Å². The van der Waals surface area contributed by atoms with Crippen molar-refractivity contribution in [3.05, 3.63) is 65.2 Å². The number of nitrogens with one attached hydrogen (secondary N) is 2. The fourth-order valence-electron chi connectivity index (χ4n) is 2.27. The van der Waals surface area contributed by atoms with Gasteiger partial charge in [-0.2, -0.15) is 13.2 Å². The fourth-order valence-corrected chi connectivity index (χ4v) is 3.36. The molecule has 0 aliphatic carbocycles. The number of benzene rings is 2. The summed E-state index contributed by atoms with van der Waals surface area (Å²) >= 11 is 7.00. The smallest absolute Gasteiger partial charge is 0.416 e. The molecule has 0 saturated carbocycles. The van der Waals surface area contributed by atoms with Crippen LogP contribution in [0, 0.1) is 0 Å². The summed E-state index contributed by atoms with van der Waals surface area (Å²) in [5.74, 6) is -2.47. The summed E-state index contributed by atoms with van der Waals surface area (Å²) in [7, 11) is 0. The normalized spacial score (nSPS) is 12.4. The Morgan fingerprint density at radius 2 is 1.81 bits per heavy atom. The van der Waals surface area contributed by atoms with Gasteiger partial charge in [-0.15, -0.1) is 11.8 Å². The molecule has 2 aromatic rings. The molecular formula is C20H16ClF3N2O4S. The number of amides is 2. The maximum Gasteiger partial charge on any atom is 0.416 e. The standard InChI is InChI=1S/C20H16ClF3N2O4S/c1-11(19(30)26-16-9-12(20(22,23)24)5-6-15(16)21)31-14-4-2-3-13(10-14)25-17(27)7-8-18(28)29/h2-11H,1H3,(H,25,27)(H,26,30)(H,28,29)/b8-7+. The minimum absolute atomic E-state index is 0.0299. The van der Waals surface area contributed by atoms with E-state index in [0.717, 1.165) is 36.0 Å². The van der Waals surface area contributed by atoms with E-state index >= 15 is 0 Å². The number of hydrogen-bond donors (Lipinski definition) is 3. The van der Waals surface area contributed by atoms with E-state index in [1.165, 1.54) is 0 Å². The Hall–Kier alpha value is -2.98. The monoisotopic (exact) mass is 472 g/mol. The van der Waals surface area contributed by atoms with Crippen LogP contribution in [0.1, 0.15) is 12.5 Å². The van der Waals surface area contributed by atoms with Gasteiger partial charge in [-0.1, -0.05) is 17.7 Å². The molecule has 2 amide bonds. The Kier molecular flexibility index (Phi) is 8.12. The molecule has 0 saturated heterocycles. The molecule has 31 heavy (non-hydrogen) atoms. The van der Waals surface area contributed by atoms with E-state index in [-0.39, 0.29) is 10.7 Å². The highest BCUT2D eigenvalue weighted by atomic mass is 35.5. The molecule has 1 atom stereocenters. The van der Waals surface area contributed by atoms with Crippen molar-refractivity contribution in [2.24, 2.45) is 0 Å². The van der Waals surface area contributed by atoms with Crippen LogP contribution in [0.5, 0.6) is 0 Å². The number of carboxylic acid groups (broad SMARTS) is 1. The third-order valence-electron chi connectivity index (χ3n) is 3.71. The van der Waals surface area contributed by atoms with E-state index in [1.54, 1.807) is 31.2 Å². The number of anilines is 2. The lowest BCUT2D eigenvalue weighted by Crippen LogP contribution is -2.23. The van der Waals surface area contributed by atoms with E-state index in [2.05, 4.69) is 10.6 Å². The second-order valence-electron chi connectivity index (χ2n) is 6.13. The number of carbonyl (C=O) groups excluding carboxylic acids is 2. The van der Waals surface area contributed by atoms with Gasteiger partial charge in [-0.3, -0.25) is 9.59 Å². The zero-order valence-electron chi connectivity index (χ0n) is 15.9. The van der Waals surface area contributed by atoms with E-state index in [0.29, 0.717) is 16.7 Å². The van der Waals surface area contributed by atoms with Gasteiger partial charge in [-0.05, 0) is 43.3 Å². The molecule has 0 aliphatic rings. The highest BCUT2D eigenvalue weighted by Gasteiger charge is 2.31. The molecule has 164 valence electrons.